The summed E-state index contributed by atoms with van der Waals surface area (Å²) in [7, 11) is 4.84. The molecule has 0 saturated heterocycles. The lowest BCUT2D eigenvalue weighted by Crippen LogP contribution is -2.13. The maximum Gasteiger partial charge on any atom is 0.203 e. The molecule has 1 atom stereocenters. The van der Waals surface area contributed by atoms with Gasteiger partial charge in [-0.2, -0.15) is 0 Å². The van der Waals surface area contributed by atoms with Gasteiger partial charge in [0.25, 0.3) is 0 Å². The minimum Gasteiger partial charge on any atom is -0.493 e. The monoisotopic (exact) mass is 239 g/mol. The van der Waals surface area contributed by atoms with Crippen LogP contribution >= 0.6 is 0 Å². The van der Waals surface area contributed by atoms with E-state index in [0.29, 0.717) is 29.7 Å². The summed E-state index contributed by atoms with van der Waals surface area (Å²) in [5, 5.41) is 0. The topological polar surface area (TPSA) is 53.7 Å². The molecule has 1 unspecified atom stereocenters. The number of hydrogen-bond donors (Lipinski definition) is 1. The summed E-state index contributed by atoms with van der Waals surface area (Å²) in [6.07, 6.45) is 0.896. The van der Waals surface area contributed by atoms with Crippen LogP contribution < -0.4 is 19.9 Å². The molecule has 1 rings (SSSR count). The van der Waals surface area contributed by atoms with Crippen LogP contribution in [-0.2, 0) is 6.42 Å². The van der Waals surface area contributed by atoms with Crippen molar-refractivity contribution in [1.29, 1.82) is 0 Å². The van der Waals surface area contributed by atoms with E-state index in [4.69, 9.17) is 19.9 Å². The Hall–Kier alpha value is -1.42. The van der Waals surface area contributed by atoms with Gasteiger partial charge in [-0.1, -0.05) is 6.92 Å². The lowest BCUT2D eigenvalue weighted by molar-refractivity contribution is 0.323. The molecular formula is C13H21NO3. The fraction of sp³-hybridized carbons (Fsp3) is 0.538. The van der Waals surface area contributed by atoms with E-state index in [0.717, 1.165) is 12.0 Å². The molecule has 0 fully saturated rings. The molecule has 1 aromatic carbocycles. The van der Waals surface area contributed by atoms with Gasteiger partial charge in [0.05, 0.1) is 21.3 Å². The quantitative estimate of drug-likeness (QED) is 0.823. The van der Waals surface area contributed by atoms with Gasteiger partial charge in [-0.15, -0.1) is 0 Å². The number of methoxy groups -OCH3 is 3. The Morgan fingerprint density at radius 2 is 1.59 bits per heavy atom. The first kappa shape index (κ1) is 13.6. The van der Waals surface area contributed by atoms with E-state index < -0.39 is 0 Å². The van der Waals surface area contributed by atoms with Crippen molar-refractivity contribution < 1.29 is 14.2 Å². The molecule has 0 amide bonds. The number of rotatable bonds is 6. The average Bonchev–Trinajstić information content (AvgIpc) is 2.37. The molecule has 17 heavy (non-hydrogen) atoms. The second-order valence-corrected chi connectivity index (χ2v) is 4.08. The fourth-order valence-corrected chi connectivity index (χ4v) is 1.74. The molecular weight excluding hydrogens is 218 g/mol. The van der Waals surface area contributed by atoms with Gasteiger partial charge in [0.1, 0.15) is 0 Å². The van der Waals surface area contributed by atoms with Gasteiger partial charge in [0.2, 0.25) is 5.75 Å². The molecule has 0 radical (unpaired) electrons. The van der Waals surface area contributed by atoms with Crippen molar-refractivity contribution in [1.82, 2.24) is 0 Å². The Balaban J connectivity index is 3.08. The largest absolute Gasteiger partial charge is 0.493 e. The third kappa shape index (κ3) is 3.27. The fourth-order valence-electron chi connectivity index (χ4n) is 1.74. The Labute approximate surface area is 103 Å². The Morgan fingerprint density at radius 1 is 1.06 bits per heavy atom. The van der Waals surface area contributed by atoms with Gasteiger partial charge in [0, 0.05) is 0 Å². The van der Waals surface area contributed by atoms with E-state index in [1.165, 1.54) is 0 Å². The zero-order chi connectivity index (χ0) is 12.8. The Kier molecular flexibility index (Phi) is 5.10. The summed E-state index contributed by atoms with van der Waals surface area (Å²) in [6, 6.07) is 3.93. The van der Waals surface area contributed by atoms with E-state index in [-0.39, 0.29) is 0 Å². The lowest BCUT2D eigenvalue weighted by Gasteiger charge is -2.15. The predicted octanol–water partition coefficient (Wildman–Crippen LogP) is 1.85. The van der Waals surface area contributed by atoms with Crippen molar-refractivity contribution in [2.45, 2.75) is 13.3 Å². The van der Waals surface area contributed by atoms with Crippen LogP contribution in [-0.4, -0.2) is 27.9 Å². The molecule has 1 aromatic rings. The van der Waals surface area contributed by atoms with Crippen molar-refractivity contribution in [3.8, 4) is 17.2 Å². The van der Waals surface area contributed by atoms with Crippen LogP contribution in [0.1, 0.15) is 12.5 Å². The summed E-state index contributed by atoms with van der Waals surface area (Å²) in [5.74, 6) is 2.43. The lowest BCUT2D eigenvalue weighted by atomic mass is 10.0. The van der Waals surface area contributed by atoms with Crippen molar-refractivity contribution >= 4 is 0 Å². The highest BCUT2D eigenvalue weighted by atomic mass is 16.5. The van der Waals surface area contributed by atoms with Crippen LogP contribution in [0.4, 0.5) is 0 Å². The van der Waals surface area contributed by atoms with Gasteiger partial charge in [-0.3, -0.25) is 0 Å². The second kappa shape index (κ2) is 6.35. The summed E-state index contributed by atoms with van der Waals surface area (Å²) in [6.45, 7) is 2.78. The molecule has 4 nitrogen and oxygen atoms in total. The first-order valence-electron chi connectivity index (χ1n) is 5.65. The minimum atomic E-state index is 0.429. The highest BCUT2D eigenvalue weighted by molar-refractivity contribution is 5.53. The third-order valence-corrected chi connectivity index (χ3v) is 2.71. The maximum atomic E-state index is 5.63. The first-order valence-corrected chi connectivity index (χ1v) is 5.65. The molecule has 0 aliphatic carbocycles. The summed E-state index contributed by atoms with van der Waals surface area (Å²) in [5.41, 5.74) is 6.77. The van der Waals surface area contributed by atoms with Crippen molar-refractivity contribution in [3.05, 3.63) is 17.7 Å². The number of hydrogen-bond acceptors (Lipinski definition) is 4. The maximum absolute atomic E-state index is 5.63. The van der Waals surface area contributed by atoms with E-state index in [9.17, 15) is 0 Å². The zero-order valence-electron chi connectivity index (χ0n) is 10.9. The molecule has 0 aliphatic rings. The SMILES string of the molecule is COc1cc(CC(C)CN)cc(OC)c1OC. The summed E-state index contributed by atoms with van der Waals surface area (Å²) < 4.78 is 15.9. The van der Waals surface area contributed by atoms with E-state index in [1.807, 2.05) is 12.1 Å². The van der Waals surface area contributed by atoms with Crippen LogP contribution in [0.15, 0.2) is 12.1 Å². The molecule has 96 valence electrons. The van der Waals surface area contributed by atoms with Gasteiger partial charge in [-0.05, 0) is 36.6 Å². The molecule has 4 heteroatoms. The van der Waals surface area contributed by atoms with Crippen LogP contribution in [0.25, 0.3) is 0 Å². The van der Waals surface area contributed by atoms with Crippen molar-refractivity contribution in [2.75, 3.05) is 27.9 Å². The second-order valence-electron chi connectivity index (χ2n) is 4.08. The highest BCUT2D eigenvalue weighted by Crippen LogP contribution is 2.38. The zero-order valence-corrected chi connectivity index (χ0v) is 10.9. The Bertz CT molecular complexity index is 341. The predicted molar refractivity (Wildman–Crippen MR) is 68.0 cm³/mol. The van der Waals surface area contributed by atoms with Gasteiger partial charge >= 0.3 is 0 Å². The molecule has 0 aliphatic heterocycles. The van der Waals surface area contributed by atoms with E-state index >= 15 is 0 Å². The van der Waals surface area contributed by atoms with Gasteiger partial charge in [-0.25, -0.2) is 0 Å². The molecule has 0 aromatic heterocycles. The Morgan fingerprint density at radius 3 is 1.94 bits per heavy atom. The highest BCUT2D eigenvalue weighted by Gasteiger charge is 2.14. The van der Waals surface area contributed by atoms with Gasteiger partial charge in [0.15, 0.2) is 11.5 Å². The normalized spacial score (nSPS) is 12.1. The van der Waals surface area contributed by atoms with Crippen LogP contribution in [0.2, 0.25) is 0 Å². The molecule has 0 saturated carbocycles. The minimum absolute atomic E-state index is 0.429. The van der Waals surface area contributed by atoms with Gasteiger partial charge < -0.3 is 19.9 Å². The summed E-state index contributed by atoms with van der Waals surface area (Å²) in [4.78, 5) is 0. The molecule has 0 heterocycles. The number of nitrogens with two attached hydrogens (primary N) is 1. The smallest absolute Gasteiger partial charge is 0.203 e. The van der Waals surface area contributed by atoms with E-state index in [2.05, 4.69) is 6.92 Å². The van der Waals surface area contributed by atoms with Crippen LogP contribution in [0.3, 0.4) is 0 Å². The summed E-state index contributed by atoms with van der Waals surface area (Å²) >= 11 is 0. The number of benzene rings is 1. The third-order valence-electron chi connectivity index (χ3n) is 2.71. The molecule has 2 N–H and O–H groups in total. The average molecular weight is 239 g/mol. The van der Waals surface area contributed by atoms with Crippen molar-refractivity contribution in [2.24, 2.45) is 11.7 Å². The first-order chi connectivity index (χ1) is 8.15. The van der Waals surface area contributed by atoms with Crippen LogP contribution in [0, 0.1) is 5.92 Å². The number of ether oxygens (including phenoxy) is 3. The molecule has 0 bridgehead atoms. The van der Waals surface area contributed by atoms with E-state index in [1.54, 1.807) is 21.3 Å². The van der Waals surface area contributed by atoms with Crippen molar-refractivity contribution in [3.63, 3.8) is 0 Å². The molecule has 0 spiro atoms. The standard InChI is InChI=1S/C13H21NO3/c1-9(8-14)5-10-6-11(15-2)13(17-4)12(7-10)16-3/h6-7,9H,5,8,14H2,1-4H3. The van der Waals surface area contributed by atoms with Crippen LogP contribution in [0.5, 0.6) is 17.2 Å².